The molecule has 6 nitrogen and oxygen atoms in total. The maximum absolute atomic E-state index is 11.7. The number of piperidine rings is 1. The summed E-state index contributed by atoms with van der Waals surface area (Å²) in [5.74, 6) is -0.411. The van der Waals surface area contributed by atoms with Gasteiger partial charge in [-0.05, 0) is 31.2 Å². The monoisotopic (exact) mass is 293 g/mol. The van der Waals surface area contributed by atoms with Gasteiger partial charge in [0, 0.05) is 20.2 Å². The van der Waals surface area contributed by atoms with Crippen molar-refractivity contribution in [2.24, 2.45) is 0 Å². The second-order valence-electron chi connectivity index (χ2n) is 5.26. The Hall–Kier alpha value is -1.69. The smallest absolute Gasteiger partial charge is 0.339 e. The van der Waals surface area contributed by atoms with Crippen molar-refractivity contribution in [3.63, 3.8) is 0 Å². The molecule has 0 amide bonds. The number of carbonyl (C=O) groups is 1. The van der Waals surface area contributed by atoms with E-state index in [4.69, 9.17) is 4.74 Å². The van der Waals surface area contributed by atoms with Crippen LogP contribution >= 0.6 is 0 Å². The fraction of sp³-hybridized carbons (Fsp3) is 0.667. The van der Waals surface area contributed by atoms with Crippen LogP contribution < -0.4 is 4.90 Å². The Labute approximate surface area is 125 Å². The van der Waals surface area contributed by atoms with Gasteiger partial charge in [0.15, 0.2) is 5.82 Å². The molecule has 1 aliphatic heterocycles. The molecule has 1 saturated heterocycles. The zero-order valence-corrected chi connectivity index (χ0v) is 12.9. The summed E-state index contributed by atoms with van der Waals surface area (Å²) in [5, 5.41) is 18.1. The fourth-order valence-electron chi connectivity index (χ4n) is 2.91. The minimum Gasteiger partial charge on any atom is -0.478 e. The summed E-state index contributed by atoms with van der Waals surface area (Å²) in [5.41, 5.74) is 1.91. The lowest BCUT2D eigenvalue weighted by Gasteiger charge is -2.32. The van der Waals surface area contributed by atoms with E-state index in [0.717, 1.165) is 37.2 Å². The van der Waals surface area contributed by atoms with Crippen molar-refractivity contribution in [1.82, 2.24) is 10.2 Å². The number of aromatic nitrogens is 2. The highest BCUT2D eigenvalue weighted by atomic mass is 16.5. The molecular formula is C15H23N3O3. The third-order valence-electron chi connectivity index (χ3n) is 4.12. The van der Waals surface area contributed by atoms with Crippen LogP contribution in [0.1, 0.15) is 48.3 Å². The topological polar surface area (TPSA) is 75.5 Å². The second-order valence-corrected chi connectivity index (χ2v) is 5.26. The number of rotatable bonds is 5. The van der Waals surface area contributed by atoms with Crippen LogP contribution in [0.5, 0.6) is 0 Å². The first-order chi connectivity index (χ1) is 10.1. The molecule has 0 bridgehead atoms. The number of hydrogen-bond acceptors (Lipinski definition) is 5. The lowest BCUT2D eigenvalue weighted by atomic mass is 10.0. The number of nitrogens with zero attached hydrogens (tertiary/aromatic N) is 3. The first-order valence-corrected chi connectivity index (χ1v) is 7.51. The summed E-state index contributed by atoms with van der Waals surface area (Å²) in [4.78, 5) is 13.7. The minimum absolute atomic E-state index is 0.253. The Morgan fingerprint density at radius 3 is 2.43 bits per heavy atom. The Morgan fingerprint density at radius 1 is 1.29 bits per heavy atom. The first-order valence-electron chi connectivity index (χ1n) is 7.51. The minimum atomic E-state index is -0.916. The summed E-state index contributed by atoms with van der Waals surface area (Å²) < 4.78 is 5.36. The Bertz CT molecular complexity index is 511. The second kappa shape index (κ2) is 6.85. The highest BCUT2D eigenvalue weighted by Crippen LogP contribution is 2.27. The molecule has 116 valence electrons. The molecule has 1 N–H and O–H groups in total. The standard InChI is InChI=1S/C15H23N3O3/c1-4-11-12(5-2)16-17-14(13(11)15(19)20)18-8-6-10(21-3)7-9-18/h10H,4-9H2,1-3H3,(H,19,20). The van der Waals surface area contributed by atoms with E-state index < -0.39 is 5.97 Å². The van der Waals surface area contributed by atoms with Gasteiger partial charge in [-0.25, -0.2) is 4.79 Å². The summed E-state index contributed by atoms with van der Waals surface area (Å²) in [6.45, 7) is 5.44. The van der Waals surface area contributed by atoms with Crippen LogP contribution in [-0.4, -0.2) is 47.6 Å². The molecule has 0 atom stereocenters. The van der Waals surface area contributed by atoms with Gasteiger partial charge in [-0.1, -0.05) is 13.8 Å². The number of aromatic carboxylic acids is 1. The fourth-order valence-corrected chi connectivity index (χ4v) is 2.91. The van der Waals surface area contributed by atoms with Crippen LogP contribution in [0.15, 0.2) is 0 Å². The SMILES string of the molecule is CCc1nnc(N2CCC(OC)CC2)c(C(=O)O)c1CC. The van der Waals surface area contributed by atoms with Gasteiger partial charge in [0.2, 0.25) is 0 Å². The van der Waals surface area contributed by atoms with Gasteiger partial charge in [0.05, 0.1) is 11.8 Å². The van der Waals surface area contributed by atoms with Crippen molar-refractivity contribution in [1.29, 1.82) is 0 Å². The lowest BCUT2D eigenvalue weighted by molar-refractivity contribution is 0.0694. The van der Waals surface area contributed by atoms with Gasteiger partial charge in [-0.2, -0.15) is 5.10 Å². The number of carboxylic acid groups (broad SMARTS) is 1. The van der Waals surface area contributed by atoms with Crippen LogP contribution in [0.3, 0.4) is 0 Å². The molecule has 1 aromatic rings. The molecule has 1 fully saturated rings. The molecule has 1 aliphatic rings. The molecule has 2 heterocycles. The maximum Gasteiger partial charge on any atom is 0.339 e. The molecule has 0 radical (unpaired) electrons. The maximum atomic E-state index is 11.7. The van der Waals surface area contributed by atoms with E-state index in [1.54, 1.807) is 7.11 Å². The van der Waals surface area contributed by atoms with E-state index >= 15 is 0 Å². The molecule has 2 rings (SSSR count). The van der Waals surface area contributed by atoms with E-state index in [0.29, 0.717) is 24.2 Å². The average molecular weight is 293 g/mol. The van der Waals surface area contributed by atoms with Crippen LogP contribution in [0.25, 0.3) is 0 Å². The summed E-state index contributed by atoms with van der Waals surface area (Å²) in [6.07, 6.45) is 3.37. The average Bonchev–Trinajstić information content (AvgIpc) is 2.53. The molecule has 0 aliphatic carbocycles. The van der Waals surface area contributed by atoms with Crippen molar-refractivity contribution in [2.75, 3.05) is 25.1 Å². The van der Waals surface area contributed by atoms with Crippen molar-refractivity contribution in [2.45, 2.75) is 45.6 Å². The van der Waals surface area contributed by atoms with Gasteiger partial charge >= 0.3 is 5.97 Å². The molecule has 0 aromatic carbocycles. The Morgan fingerprint density at radius 2 is 1.95 bits per heavy atom. The lowest BCUT2D eigenvalue weighted by Crippen LogP contribution is -2.38. The molecule has 1 aromatic heterocycles. The summed E-state index contributed by atoms with van der Waals surface area (Å²) >= 11 is 0. The molecule has 21 heavy (non-hydrogen) atoms. The number of anilines is 1. The number of ether oxygens (including phenoxy) is 1. The third kappa shape index (κ3) is 3.15. The highest BCUT2D eigenvalue weighted by molar-refractivity contribution is 5.95. The zero-order valence-electron chi connectivity index (χ0n) is 12.9. The first kappa shape index (κ1) is 15.7. The number of hydrogen-bond donors (Lipinski definition) is 1. The highest BCUT2D eigenvalue weighted by Gasteiger charge is 2.27. The van der Waals surface area contributed by atoms with Gasteiger partial charge in [0.1, 0.15) is 5.56 Å². The third-order valence-corrected chi connectivity index (χ3v) is 4.12. The van der Waals surface area contributed by atoms with Crippen molar-refractivity contribution in [3.8, 4) is 0 Å². The van der Waals surface area contributed by atoms with Gasteiger partial charge in [-0.3, -0.25) is 0 Å². The molecule has 0 saturated carbocycles. The predicted molar refractivity (Wildman–Crippen MR) is 80.0 cm³/mol. The van der Waals surface area contributed by atoms with E-state index in [1.165, 1.54) is 0 Å². The summed E-state index contributed by atoms with van der Waals surface area (Å²) in [7, 11) is 1.72. The van der Waals surface area contributed by atoms with Gasteiger partial charge in [0.25, 0.3) is 0 Å². The van der Waals surface area contributed by atoms with Crippen LogP contribution in [-0.2, 0) is 17.6 Å². The summed E-state index contributed by atoms with van der Waals surface area (Å²) in [6, 6.07) is 0. The van der Waals surface area contributed by atoms with Crippen molar-refractivity contribution >= 4 is 11.8 Å². The number of methoxy groups -OCH3 is 1. The quantitative estimate of drug-likeness (QED) is 0.894. The largest absolute Gasteiger partial charge is 0.478 e. The van der Waals surface area contributed by atoms with Gasteiger partial charge in [-0.15, -0.1) is 5.10 Å². The molecule has 6 heteroatoms. The predicted octanol–water partition coefficient (Wildman–Crippen LogP) is 1.91. The van der Waals surface area contributed by atoms with Crippen molar-refractivity contribution in [3.05, 3.63) is 16.8 Å². The van der Waals surface area contributed by atoms with Crippen LogP contribution in [0.2, 0.25) is 0 Å². The van der Waals surface area contributed by atoms with Crippen molar-refractivity contribution < 1.29 is 14.6 Å². The normalized spacial score (nSPS) is 16.2. The Kier molecular flexibility index (Phi) is 5.12. The number of carboxylic acids is 1. The number of aryl methyl sites for hydroxylation is 1. The van der Waals surface area contributed by atoms with E-state index in [2.05, 4.69) is 10.2 Å². The molecule has 0 unspecified atom stereocenters. The van der Waals surface area contributed by atoms with Gasteiger partial charge < -0.3 is 14.7 Å². The van der Waals surface area contributed by atoms with Crippen LogP contribution in [0, 0.1) is 0 Å². The molecule has 0 spiro atoms. The van der Waals surface area contributed by atoms with E-state index in [9.17, 15) is 9.90 Å². The Balaban J connectivity index is 2.37. The zero-order chi connectivity index (χ0) is 15.4. The van der Waals surface area contributed by atoms with E-state index in [1.807, 2.05) is 18.7 Å². The van der Waals surface area contributed by atoms with E-state index in [-0.39, 0.29) is 6.10 Å². The van der Waals surface area contributed by atoms with Crippen LogP contribution in [0.4, 0.5) is 5.82 Å². The molecular weight excluding hydrogens is 270 g/mol.